The van der Waals surface area contributed by atoms with Crippen molar-refractivity contribution in [3.8, 4) is 0 Å². The number of thiazole rings is 1. The lowest BCUT2D eigenvalue weighted by Crippen LogP contribution is -3.10. The minimum Gasteiger partial charge on any atom is -0.335 e. The third kappa shape index (κ3) is 3.86. The first-order valence-electron chi connectivity index (χ1n) is 9.38. The van der Waals surface area contributed by atoms with E-state index in [9.17, 15) is 4.79 Å². The zero-order valence-corrected chi connectivity index (χ0v) is 16.9. The number of carbonyl (C=O) groups is 1. The van der Waals surface area contributed by atoms with E-state index >= 15 is 0 Å². The quantitative estimate of drug-likeness (QED) is 0.709. The molecule has 2 aromatic carbocycles. The van der Waals surface area contributed by atoms with Crippen molar-refractivity contribution < 1.29 is 9.69 Å². The van der Waals surface area contributed by atoms with Gasteiger partial charge in [-0.15, -0.1) is 0 Å². The van der Waals surface area contributed by atoms with Gasteiger partial charge in [-0.1, -0.05) is 47.2 Å². The molecular weight excluding hydrogens is 378 g/mol. The Bertz CT molecular complexity index is 924. The number of aromatic nitrogens is 1. The van der Waals surface area contributed by atoms with Crippen molar-refractivity contribution in [2.45, 2.75) is 25.3 Å². The van der Waals surface area contributed by atoms with Crippen LogP contribution in [0.15, 0.2) is 48.5 Å². The van der Waals surface area contributed by atoms with Gasteiger partial charge in [-0.2, -0.15) is 0 Å². The second-order valence-electron chi connectivity index (χ2n) is 7.12. The molecule has 27 heavy (non-hydrogen) atoms. The number of hydrogen-bond donors (Lipinski definition) is 1. The molecule has 4 rings (SSSR count). The maximum atomic E-state index is 13.3. The minimum atomic E-state index is -0.0738. The second kappa shape index (κ2) is 7.97. The molecule has 2 atom stereocenters. The summed E-state index contributed by atoms with van der Waals surface area (Å²) in [5.41, 5.74) is 1.46. The highest BCUT2D eigenvalue weighted by Crippen LogP contribution is 2.31. The van der Waals surface area contributed by atoms with E-state index in [1.165, 1.54) is 19.4 Å². The van der Waals surface area contributed by atoms with Gasteiger partial charge in [0.2, 0.25) is 0 Å². The highest BCUT2D eigenvalue weighted by molar-refractivity contribution is 7.22. The Labute approximate surface area is 168 Å². The summed E-state index contributed by atoms with van der Waals surface area (Å²) in [7, 11) is 2.25. The molecule has 1 aromatic heterocycles. The van der Waals surface area contributed by atoms with Gasteiger partial charge >= 0.3 is 0 Å². The number of likely N-dealkylation sites (tertiary alicyclic amines) is 1. The molecule has 1 fully saturated rings. The molecule has 1 saturated heterocycles. The monoisotopic (exact) mass is 400 g/mol. The van der Waals surface area contributed by atoms with Crippen LogP contribution in [0.1, 0.15) is 29.6 Å². The summed E-state index contributed by atoms with van der Waals surface area (Å²) >= 11 is 7.87. The molecule has 3 aromatic rings. The number of amides is 1. The maximum Gasteiger partial charge on any atom is 0.261 e. The van der Waals surface area contributed by atoms with E-state index in [1.54, 1.807) is 28.4 Å². The molecule has 2 heterocycles. The molecule has 4 nitrogen and oxygen atoms in total. The average Bonchev–Trinajstić information content (AvgIpc) is 3.28. The summed E-state index contributed by atoms with van der Waals surface area (Å²) in [5.74, 6) is -0.0738. The Hall–Kier alpha value is -1.95. The van der Waals surface area contributed by atoms with Crippen molar-refractivity contribution >= 4 is 44.2 Å². The standard InChI is InChI=1S/C21H22ClN3OS/c1-24-13-6-7-15(24)12-14-25(20(26)16-8-2-3-9-17(16)22)21-23-18-10-4-5-11-19(18)27-21/h2-5,8-11,15H,6-7,12-14H2,1H3/p+1/t15-/m0/s1. The molecule has 0 radical (unpaired) electrons. The van der Waals surface area contributed by atoms with Crippen LogP contribution in [0.4, 0.5) is 5.13 Å². The van der Waals surface area contributed by atoms with Crippen molar-refractivity contribution in [2.75, 3.05) is 25.0 Å². The van der Waals surface area contributed by atoms with Crippen LogP contribution in [0.25, 0.3) is 10.2 Å². The maximum absolute atomic E-state index is 13.3. The number of benzene rings is 2. The Morgan fingerprint density at radius 2 is 2.04 bits per heavy atom. The largest absolute Gasteiger partial charge is 0.335 e. The third-order valence-electron chi connectivity index (χ3n) is 5.38. The van der Waals surface area contributed by atoms with Crippen LogP contribution in [-0.2, 0) is 0 Å². The third-order valence-corrected chi connectivity index (χ3v) is 6.77. The molecule has 140 valence electrons. The van der Waals surface area contributed by atoms with Crippen LogP contribution < -0.4 is 9.80 Å². The van der Waals surface area contributed by atoms with Crippen LogP contribution >= 0.6 is 22.9 Å². The zero-order valence-electron chi connectivity index (χ0n) is 15.3. The topological polar surface area (TPSA) is 37.6 Å². The van der Waals surface area contributed by atoms with Crippen molar-refractivity contribution in [3.63, 3.8) is 0 Å². The first-order valence-corrected chi connectivity index (χ1v) is 10.6. The Kier molecular flexibility index (Phi) is 5.43. The van der Waals surface area contributed by atoms with E-state index in [0.717, 1.165) is 21.8 Å². The number of carbonyl (C=O) groups excluding carboxylic acids is 1. The molecule has 6 heteroatoms. The number of anilines is 1. The zero-order chi connectivity index (χ0) is 18.8. The summed E-state index contributed by atoms with van der Waals surface area (Å²) in [6.07, 6.45) is 3.45. The molecule has 0 aliphatic carbocycles. The van der Waals surface area contributed by atoms with Crippen molar-refractivity contribution in [1.29, 1.82) is 0 Å². The van der Waals surface area contributed by atoms with E-state index in [4.69, 9.17) is 16.6 Å². The number of halogens is 1. The van der Waals surface area contributed by atoms with Crippen LogP contribution in [0.5, 0.6) is 0 Å². The van der Waals surface area contributed by atoms with Gasteiger partial charge in [0, 0.05) is 25.8 Å². The lowest BCUT2D eigenvalue weighted by molar-refractivity contribution is -0.892. The molecule has 1 unspecified atom stereocenters. The van der Waals surface area contributed by atoms with E-state index in [0.29, 0.717) is 23.2 Å². The fourth-order valence-corrected chi connectivity index (χ4v) is 5.00. The van der Waals surface area contributed by atoms with Gasteiger partial charge in [-0.3, -0.25) is 9.69 Å². The molecule has 1 aliphatic rings. The minimum absolute atomic E-state index is 0.0738. The van der Waals surface area contributed by atoms with Crippen LogP contribution in [-0.4, -0.2) is 37.1 Å². The SMILES string of the molecule is C[NH+]1CCC[C@H]1CCN(C(=O)c1ccccc1Cl)c1nc2ccccc2s1. The fourth-order valence-electron chi connectivity index (χ4n) is 3.79. The molecule has 0 bridgehead atoms. The molecular formula is C21H23ClN3OS+. The first-order chi connectivity index (χ1) is 13.1. The number of quaternary nitrogens is 1. The Morgan fingerprint density at radius 3 is 2.78 bits per heavy atom. The smallest absolute Gasteiger partial charge is 0.261 e. The van der Waals surface area contributed by atoms with Crippen LogP contribution in [0.3, 0.4) is 0 Å². The molecule has 0 saturated carbocycles. The summed E-state index contributed by atoms with van der Waals surface area (Å²) in [4.78, 5) is 21.4. The van der Waals surface area contributed by atoms with Gasteiger partial charge in [-0.25, -0.2) is 4.98 Å². The molecule has 1 N–H and O–H groups in total. The Balaban J connectivity index is 1.65. The van der Waals surface area contributed by atoms with Gasteiger partial charge in [0.25, 0.3) is 5.91 Å². The highest BCUT2D eigenvalue weighted by atomic mass is 35.5. The van der Waals surface area contributed by atoms with E-state index in [-0.39, 0.29) is 5.91 Å². The summed E-state index contributed by atoms with van der Waals surface area (Å²) in [5, 5.41) is 1.23. The van der Waals surface area contributed by atoms with Crippen molar-refractivity contribution in [1.82, 2.24) is 4.98 Å². The predicted octanol–water partition coefficient (Wildman–Crippen LogP) is 3.66. The number of hydrogen-bond acceptors (Lipinski definition) is 3. The van der Waals surface area contributed by atoms with Crippen LogP contribution in [0, 0.1) is 0 Å². The average molecular weight is 401 g/mol. The van der Waals surface area contributed by atoms with Gasteiger partial charge in [0.05, 0.1) is 40.4 Å². The van der Waals surface area contributed by atoms with Crippen LogP contribution in [0.2, 0.25) is 5.02 Å². The second-order valence-corrected chi connectivity index (χ2v) is 8.54. The first kappa shape index (κ1) is 18.4. The van der Waals surface area contributed by atoms with E-state index < -0.39 is 0 Å². The number of para-hydroxylation sites is 1. The molecule has 1 aliphatic heterocycles. The van der Waals surface area contributed by atoms with Gasteiger partial charge in [0.1, 0.15) is 0 Å². The normalized spacial score (nSPS) is 19.5. The summed E-state index contributed by atoms with van der Waals surface area (Å²) in [6, 6.07) is 15.9. The number of nitrogens with one attached hydrogen (secondary N) is 1. The van der Waals surface area contributed by atoms with E-state index in [2.05, 4.69) is 7.05 Å². The molecule has 1 amide bonds. The lowest BCUT2D eigenvalue weighted by atomic mass is 10.1. The van der Waals surface area contributed by atoms with Crippen molar-refractivity contribution in [2.24, 2.45) is 0 Å². The lowest BCUT2D eigenvalue weighted by Gasteiger charge is -2.23. The van der Waals surface area contributed by atoms with Gasteiger partial charge < -0.3 is 4.90 Å². The molecule has 0 spiro atoms. The predicted molar refractivity (Wildman–Crippen MR) is 112 cm³/mol. The summed E-state index contributed by atoms with van der Waals surface area (Å²) in [6.45, 7) is 1.87. The number of nitrogens with zero attached hydrogens (tertiary/aromatic N) is 2. The number of rotatable bonds is 5. The van der Waals surface area contributed by atoms with E-state index in [1.807, 2.05) is 41.3 Å². The number of fused-ring (bicyclic) bond motifs is 1. The Morgan fingerprint density at radius 1 is 1.26 bits per heavy atom. The highest BCUT2D eigenvalue weighted by Gasteiger charge is 2.28. The van der Waals surface area contributed by atoms with Crippen molar-refractivity contribution in [3.05, 3.63) is 59.1 Å². The summed E-state index contributed by atoms with van der Waals surface area (Å²) < 4.78 is 1.09. The fraction of sp³-hybridized carbons (Fsp3) is 0.333. The van der Waals surface area contributed by atoms with Gasteiger partial charge in [-0.05, 0) is 24.3 Å². The van der Waals surface area contributed by atoms with Gasteiger partial charge in [0.15, 0.2) is 5.13 Å².